The molecule has 2 aromatic rings. The molecule has 20 heavy (non-hydrogen) atoms. The van der Waals surface area contributed by atoms with E-state index >= 15 is 0 Å². The van der Waals surface area contributed by atoms with Crippen LogP contribution in [0.1, 0.15) is 15.2 Å². The Morgan fingerprint density at radius 1 is 1.55 bits per heavy atom. The van der Waals surface area contributed by atoms with Gasteiger partial charge in [0.2, 0.25) is 5.91 Å². The summed E-state index contributed by atoms with van der Waals surface area (Å²) in [5.74, 6) is -0.335. The van der Waals surface area contributed by atoms with Crippen LogP contribution in [0.4, 0.5) is 5.69 Å². The van der Waals surface area contributed by atoms with Crippen LogP contribution in [-0.4, -0.2) is 41.3 Å². The number of hydrogen-bond donors (Lipinski definition) is 2. The van der Waals surface area contributed by atoms with Gasteiger partial charge < -0.3 is 16.0 Å². The average molecular weight is 290 g/mol. The van der Waals surface area contributed by atoms with Crippen molar-refractivity contribution in [3.63, 3.8) is 0 Å². The lowest BCUT2D eigenvalue weighted by atomic mass is 10.1. The quantitative estimate of drug-likeness (QED) is 0.811. The summed E-state index contributed by atoms with van der Waals surface area (Å²) < 4.78 is 0. The zero-order valence-electron chi connectivity index (χ0n) is 11.0. The van der Waals surface area contributed by atoms with Gasteiger partial charge in [0.05, 0.1) is 12.2 Å². The van der Waals surface area contributed by atoms with Crippen molar-refractivity contribution in [2.45, 2.75) is 6.92 Å². The van der Waals surface area contributed by atoms with Gasteiger partial charge in [-0.1, -0.05) is 0 Å². The van der Waals surface area contributed by atoms with E-state index in [0.717, 1.165) is 15.8 Å². The molecule has 104 valence electrons. The summed E-state index contributed by atoms with van der Waals surface area (Å²) in [6.45, 7) is 3.01. The highest BCUT2D eigenvalue weighted by Crippen LogP contribution is 2.35. The van der Waals surface area contributed by atoms with Crippen LogP contribution in [0, 0.1) is 6.92 Å². The Labute approximate surface area is 119 Å². The first-order valence-electron chi connectivity index (χ1n) is 6.27. The van der Waals surface area contributed by atoms with Gasteiger partial charge in [0, 0.05) is 24.7 Å². The predicted octanol–water partition coefficient (Wildman–Crippen LogP) is 0.759. The molecule has 0 unspecified atom stereocenters. The number of aryl methyl sites for hydroxylation is 1. The van der Waals surface area contributed by atoms with Crippen molar-refractivity contribution >= 4 is 39.1 Å². The SMILES string of the molecule is Cc1ccnc2sc(C(=O)N3CCNC(=O)C3)c(N)c12. The zero-order valence-corrected chi connectivity index (χ0v) is 11.8. The molecular formula is C13H14N4O2S. The molecule has 1 fully saturated rings. The van der Waals surface area contributed by atoms with E-state index in [0.29, 0.717) is 23.7 Å². The van der Waals surface area contributed by atoms with Gasteiger partial charge in [0.25, 0.3) is 5.91 Å². The Kier molecular flexibility index (Phi) is 3.06. The summed E-state index contributed by atoms with van der Waals surface area (Å²) in [6, 6.07) is 1.87. The summed E-state index contributed by atoms with van der Waals surface area (Å²) in [7, 11) is 0. The number of anilines is 1. The van der Waals surface area contributed by atoms with Gasteiger partial charge in [0.1, 0.15) is 9.71 Å². The van der Waals surface area contributed by atoms with Gasteiger partial charge in [0.15, 0.2) is 0 Å². The number of pyridine rings is 1. The van der Waals surface area contributed by atoms with E-state index in [1.807, 2.05) is 13.0 Å². The van der Waals surface area contributed by atoms with Gasteiger partial charge in [-0.05, 0) is 18.6 Å². The fourth-order valence-electron chi connectivity index (χ4n) is 2.32. The molecule has 0 aliphatic carbocycles. The van der Waals surface area contributed by atoms with Gasteiger partial charge in [-0.3, -0.25) is 9.59 Å². The van der Waals surface area contributed by atoms with Crippen LogP contribution in [0.25, 0.3) is 10.2 Å². The number of nitrogens with two attached hydrogens (primary N) is 1. The van der Waals surface area contributed by atoms with Crippen LogP contribution in [0.2, 0.25) is 0 Å². The summed E-state index contributed by atoms with van der Waals surface area (Å²) in [6.07, 6.45) is 1.70. The number of nitrogens with zero attached hydrogens (tertiary/aromatic N) is 2. The van der Waals surface area contributed by atoms with E-state index < -0.39 is 0 Å². The van der Waals surface area contributed by atoms with Crippen molar-refractivity contribution in [3.8, 4) is 0 Å². The second-order valence-corrected chi connectivity index (χ2v) is 5.73. The Bertz CT molecular complexity index is 710. The van der Waals surface area contributed by atoms with Gasteiger partial charge in [-0.15, -0.1) is 11.3 Å². The number of rotatable bonds is 1. The summed E-state index contributed by atoms with van der Waals surface area (Å²) >= 11 is 1.28. The van der Waals surface area contributed by atoms with Crippen LogP contribution in [0.15, 0.2) is 12.3 Å². The Morgan fingerprint density at radius 2 is 2.35 bits per heavy atom. The summed E-state index contributed by atoms with van der Waals surface area (Å²) in [5.41, 5.74) is 7.57. The van der Waals surface area contributed by atoms with Crippen molar-refractivity contribution in [2.75, 3.05) is 25.4 Å². The van der Waals surface area contributed by atoms with Crippen LogP contribution < -0.4 is 11.1 Å². The van der Waals surface area contributed by atoms with Crippen molar-refractivity contribution in [2.24, 2.45) is 0 Å². The van der Waals surface area contributed by atoms with E-state index in [-0.39, 0.29) is 18.4 Å². The minimum Gasteiger partial charge on any atom is -0.397 e. The van der Waals surface area contributed by atoms with E-state index in [1.165, 1.54) is 16.2 Å². The van der Waals surface area contributed by atoms with Crippen molar-refractivity contribution in [1.29, 1.82) is 0 Å². The van der Waals surface area contributed by atoms with Crippen molar-refractivity contribution < 1.29 is 9.59 Å². The molecule has 1 aliphatic heterocycles. The third-order valence-electron chi connectivity index (χ3n) is 3.36. The molecule has 3 heterocycles. The monoisotopic (exact) mass is 290 g/mol. The topological polar surface area (TPSA) is 88.3 Å². The average Bonchev–Trinajstić information content (AvgIpc) is 2.76. The van der Waals surface area contributed by atoms with E-state index in [2.05, 4.69) is 10.3 Å². The molecular weight excluding hydrogens is 276 g/mol. The number of amides is 2. The lowest BCUT2D eigenvalue weighted by Crippen LogP contribution is -2.49. The van der Waals surface area contributed by atoms with E-state index in [4.69, 9.17) is 5.73 Å². The Morgan fingerprint density at radius 3 is 3.05 bits per heavy atom. The number of carbonyl (C=O) groups is 2. The molecule has 0 bridgehead atoms. The number of fused-ring (bicyclic) bond motifs is 1. The molecule has 7 heteroatoms. The smallest absolute Gasteiger partial charge is 0.266 e. The van der Waals surface area contributed by atoms with Crippen LogP contribution in [-0.2, 0) is 4.79 Å². The molecule has 0 saturated carbocycles. The number of hydrogen-bond acceptors (Lipinski definition) is 5. The molecule has 0 aromatic carbocycles. The van der Waals surface area contributed by atoms with Gasteiger partial charge in [-0.2, -0.15) is 0 Å². The molecule has 0 atom stereocenters. The first-order valence-corrected chi connectivity index (χ1v) is 7.09. The second kappa shape index (κ2) is 4.75. The molecule has 2 aromatic heterocycles. The molecule has 0 radical (unpaired) electrons. The molecule has 1 aliphatic rings. The minimum atomic E-state index is -0.195. The number of aromatic nitrogens is 1. The number of piperazine rings is 1. The molecule has 1 saturated heterocycles. The number of nitrogens with one attached hydrogen (secondary N) is 1. The Hall–Kier alpha value is -2.15. The molecule has 6 nitrogen and oxygen atoms in total. The highest BCUT2D eigenvalue weighted by Gasteiger charge is 2.26. The Balaban J connectivity index is 2.01. The third-order valence-corrected chi connectivity index (χ3v) is 4.46. The first kappa shape index (κ1) is 12.9. The summed E-state index contributed by atoms with van der Waals surface area (Å²) in [5, 5.41) is 3.53. The summed E-state index contributed by atoms with van der Waals surface area (Å²) in [4.78, 5) is 30.9. The van der Waals surface area contributed by atoms with Crippen LogP contribution in [0.5, 0.6) is 0 Å². The molecule has 3 N–H and O–H groups in total. The predicted molar refractivity (Wildman–Crippen MR) is 77.7 cm³/mol. The first-order chi connectivity index (χ1) is 9.58. The fourth-order valence-corrected chi connectivity index (χ4v) is 3.43. The maximum absolute atomic E-state index is 12.5. The van der Waals surface area contributed by atoms with Crippen molar-refractivity contribution in [1.82, 2.24) is 15.2 Å². The lowest BCUT2D eigenvalue weighted by molar-refractivity contribution is -0.123. The van der Waals surface area contributed by atoms with Gasteiger partial charge >= 0.3 is 0 Å². The maximum atomic E-state index is 12.5. The minimum absolute atomic E-state index is 0.0823. The highest BCUT2D eigenvalue weighted by atomic mass is 32.1. The zero-order chi connectivity index (χ0) is 14.3. The van der Waals surface area contributed by atoms with Crippen LogP contribution >= 0.6 is 11.3 Å². The highest BCUT2D eigenvalue weighted by molar-refractivity contribution is 7.21. The number of thiophene rings is 1. The van der Waals surface area contributed by atoms with E-state index in [9.17, 15) is 9.59 Å². The van der Waals surface area contributed by atoms with Crippen molar-refractivity contribution in [3.05, 3.63) is 22.7 Å². The molecule has 0 spiro atoms. The standard InChI is InChI=1S/C13H14N4O2S/c1-7-2-3-16-12-9(7)10(14)11(20-12)13(19)17-5-4-15-8(18)6-17/h2-3H,4-6,14H2,1H3,(H,15,18). The van der Waals surface area contributed by atoms with Gasteiger partial charge in [-0.25, -0.2) is 4.98 Å². The largest absolute Gasteiger partial charge is 0.397 e. The number of carbonyl (C=O) groups excluding carboxylic acids is 2. The second-order valence-electron chi connectivity index (χ2n) is 4.73. The van der Waals surface area contributed by atoms with Crippen LogP contribution in [0.3, 0.4) is 0 Å². The fraction of sp³-hybridized carbons (Fsp3) is 0.308. The lowest BCUT2D eigenvalue weighted by Gasteiger charge is -2.26. The molecule has 3 rings (SSSR count). The maximum Gasteiger partial charge on any atom is 0.266 e. The normalized spacial score (nSPS) is 15.4. The third kappa shape index (κ3) is 2.00. The number of nitrogen functional groups attached to an aromatic ring is 1. The molecule has 2 amide bonds. The van der Waals surface area contributed by atoms with E-state index in [1.54, 1.807) is 6.20 Å².